The highest BCUT2D eigenvalue weighted by Gasteiger charge is 2.41. The lowest BCUT2D eigenvalue weighted by Crippen LogP contribution is -2.44. The van der Waals surface area contributed by atoms with Gasteiger partial charge in [0.25, 0.3) is 0 Å². The number of nitrogens with zero attached hydrogens (tertiary/aromatic N) is 6. The zero-order valence-electron chi connectivity index (χ0n) is 21.2. The van der Waals surface area contributed by atoms with Crippen LogP contribution in [0.15, 0.2) is 42.9 Å². The summed E-state index contributed by atoms with van der Waals surface area (Å²) in [7, 11) is 0. The van der Waals surface area contributed by atoms with Crippen molar-refractivity contribution in [3.63, 3.8) is 0 Å². The van der Waals surface area contributed by atoms with E-state index in [0.717, 1.165) is 56.9 Å². The average Bonchev–Trinajstić information content (AvgIpc) is 3.53. The second-order valence-corrected chi connectivity index (χ2v) is 10.8. The Morgan fingerprint density at radius 3 is 2.66 bits per heavy atom. The van der Waals surface area contributed by atoms with Gasteiger partial charge >= 0.3 is 0 Å². The van der Waals surface area contributed by atoms with Crippen LogP contribution in [0.2, 0.25) is 10.0 Å². The van der Waals surface area contributed by atoms with Gasteiger partial charge in [0.1, 0.15) is 30.1 Å². The third-order valence-electron chi connectivity index (χ3n) is 7.01. The lowest BCUT2D eigenvalue weighted by Gasteiger charge is -2.26. The van der Waals surface area contributed by atoms with Crippen molar-refractivity contribution in [1.82, 2.24) is 34.7 Å². The Morgan fingerprint density at radius 1 is 1.05 bits per heavy atom. The summed E-state index contributed by atoms with van der Waals surface area (Å²) in [6.45, 7) is 8.01. The summed E-state index contributed by atoms with van der Waals surface area (Å²) >= 11 is 13.3. The number of aromatic nitrogens is 5. The normalized spacial score (nSPS) is 17.0. The molecule has 38 heavy (non-hydrogen) atoms. The first kappa shape index (κ1) is 25.3. The summed E-state index contributed by atoms with van der Waals surface area (Å²) in [5.41, 5.74) is 2.44. The summed E-state index contributed by atoms with van der Waals surface area (Å²) in [6, 6.07) is 9.31. The van der Waals surface area contributed by atoms with Gasteiger partial charge in [0.15, 0.2) is 11.2 Å². The van der Waals surface area contributed by atoms with Crippen molar-refractivity contribution in [1.29, 1.82) is 0 Å². The van der Waals surface area contributed by atoms with Gasteiger partial charge in [-0.2, -0.15) is 4.98 Å². The standard InChI is InChI=1S/C27H29Cl2N7O2/c1-27(6-7-27)38-26-23-25(32-17-33-26)36(16-22-20(28)3-2-8-31-22)24(34-23)19-5-4-18(15-21(19)29)37-14-13-35-11-9-30-10-12-35/h2-5,8,15,17,30H,6-7,9-14,16H2,1H3. The molecule has 4 heterocycles. The number of imidazole rings is 1. The summed E-state index contributed by atoms with van der Waals surface area (Å²) in [5.74, 6) is 1.81. The van der Waals surface area contributed by atoms with Crippen LogP contribution >= 0.6 is 23.2 Å². The molecule has 4 aromatic rings. The van der Waals surface area contributed by atoms with Crippen molar-refractivity contribution in [3.8, 4) is 23.0 Å². The van der Waals surface area contributed by atoms with E-state index in [1.54, 1.807) is 12.3 Å². The first-order valence-corrected chi connectivity index (χ1v) is 13.6. The quantitative estimate of drug-likeness (QED) is 0.325. The van der Waals surface area contributed by atoms with Crippen molar-refractivity contribution in [2.45, 2.75) is 31.9 Å². The molecule has 198 valence electrons. The zero-order valence-corrected chi connectivity index (χ0v) is 22.7. The van der Waals surface area contributed by atoms with Crippen LogP contribution < -0.4 is 14.8 Å². The lowest BCUT2D eigenvalue weighted by atomic mass is 10.2. The number of piperazine rings is 1. The first-order chi connectivity index (χ1) is 18.5. The van der Waals surface area contributed by atoms with Gasteiger partial charge in [-0.3, -0.25) is 9.88 Å². The minimum atomic E-state index is -0.211. The van der Waals surface area contributed by atoms with Crippen LogP contribution in [0.5, 0.6) is 11.6 Å². The predicted molar refractivity (Wildman–Crippen MR) is 147 cm³/mol. The van der Waals surface area contributed by atoms with E-state index in [0.29, 0.717) is 51.8 Å². The maximum atomic E-state index is 6.82. The first-order valence-electron chi connectivity index (χ1n) is 12.8. The summed E-state index contributed by atoms with van der Waals surface area (Å²) in [6.07, 6.45) is 5.19. The van der Waals surface area contributed by atoms with Crippen LogP contribution in [-0.4, -0.2) is 74.3 Å². The maximum Gasteiger partial charge on any atom is 0.245 e. The van der Waals surface area contributed by atoms with Crippen molar-refractivity contribution in [2.24, 2.45) is 0 Å². The fourth-order valence-electron chi connectivity index (χ4n) is 4.54. The van der Waals surface area contributed by atoms with Gasteiger partial charge in [-0.05, 0) is 50.1 Å². The van der Waals surface area contributed by atoms with Crippen LogP contribution in [-0.2, 0) is 6.54 Å². The number of ether oxygens (including phenoxy) is 2. The van der Waals surface area contributed by atoms with Gasteiger partial charge in [0, 0.05) is 44.5 Å². The van der Waals surface area contributed by atoms with Crippen molar-refractivity contribution < 1.29 is 9.47 Å². The molecule has 1 saturated carbocycles. The molecule has 3 aromatic heterocycles. The molecule has 1 aromatic carbocycles. The Balaban J connectivity index is 1.33. The van der Waals surface area contributed by atoms with Crippen LogP contribution in [0, 0.1) is 0 Å². The molecule has 6 rings (SSSR count). The number of nitrogens with one attached hydrogen (secondary N) is 1. The third kappa shape index (κ3) is 5.42. The van der Waals surface area contributed by atoms with Crippen LogP contribution in [0.4, 0.5) is 0 Å². The van der Waals surface area contributed by atoms with E-state index in [1.807, 2.05) is 28.8 Å². The number of hydrogen-bond acceptors (Lipinski definition) is 8. The van der Waals surface area contributed by atoms with Gasteiger partial charge in [-0.15, -0.1) is 0 Å². The second-order valence-electron chi connectivity index (χ2n) is 9.94. The number of rotatable bonds is 9. The largest absolute Gasteiger partial charge is 0.492 e. The van der Waals surface area contributed by atoms with E-state index < -0.39 is 0 Å². The van der Waals surface area contributed by atoms with Gasteiger partial charge in [-0.1, -0.05) is 23.2 Å². The predicted octanol–water partition coefficient (Wildman–Crippen LogP) is 4.46. The maximum absolute atomic E-state index is 6.82. The lowest BCUT2D eigenvalue weighted by molar-refractivity contribution is 0.191. The molecule has 1 saturated heterocycles. The topological polar surface area (TPSA) is 90.2 Å². The van der Waals surface area contributed by atoms with E-state index in [4.69, 9.17) is 37.7 Å². The minimum absolute atomic E-state index is 0.211. The average molecular weight is 554 g/mol. The highest BCUT2D eigenvalue weighted by atomic mass is 35.5. The number of hydrogen-bond donors (Lipinski definition) is 1. The molecule has 0 spiro atoms. The van der Waals surface area contributed by atoms with E-state index in [9.17, 15) is 0 Å². The number of fused-ring (bicyclic) bond motifs is 1. The molecule has 0 atom stereocenters. The fourth-order valence-corrected chi connectivity index (χ4v) is 4.97. The van der Waals surface area contributed by atoms with E-state index in [2.05, 4.69) is 32.1 Å². The van der Waals surface area contributed by atoms with E-state index >= 15 is 0 Å². The monoisotopic (exact) mass is 553 g/mol. The molecule has 9 nitrogen and oxygen atoms in total. The molecule has 0 unspecified atom stereocenters. The minimum Gasteiger partial charge on any atom is -0.492 e. The Bertz CT molecular complexity index is 1450. The Labute approximate surface area is 231 Å². The third-order valence-corrected chi connectivity index (χ3v) is 7.66. The molecule has 1 aliphatic heterocycles. The molecule has 0 radical (unpaired) electrons. The summed E-state index contributed by atoms with van der Waals surface area (Å²) in [5, 5.41) is 4.46. The zero-order chi connectivity index (χ0) is 26.1. The highest BCUT2D eigenvalue weighted by Crippen LogP contribution is 2.41. The molecule has 0 amide bonds. The molecule has 2 aliphatic rings. The van der Waals surface area contributed by atoms with Crippen LogP contribution in [0.3, 0.4) is 0 Å². The number of benzene rings is 1. The van der Waals surface area contributed by atoms with Crippen LogP contribution in [0.25, 0.3) is 22.6 Å². The van der Waals surface area contributed by atoms with Crippen molar-refractivity contribution in [3.05, 3.63) is 58.6 Å². The molecular formula is C27H29Cl2N7O2. The fraction of sp³-hybridized carbons (Fsp3) is 0.407. The molecule has 2 fully saturated rings. The van der Waals surface area contributed by atoms with E-state index in [-0.39, 0.29) is 5.60 Å². The number of pyridine rings is 1. The Kier molecular flexibility index (Phi) is 7.09. The molecule has 1 aliphatic carbocycles. The summed E-state index contributed by atoms with van der Waals surface area (Å²) in [4.78, 5) is 20.8. The SMILES string of the molecule is CC1(Oc2ncnc3c2nc(-c2ccc(OCCN4CCNCC4)cc2Cl)n3Cc2ncccc2Cl)CC1. The Morgan fingerprint density at radius 2 is 1.89 bits per heavy atom. The molecule has 1 N–H and O–H groups in total. The second kappa shape index (κ2) is 10.6. The Hall–Kier alpha value is -2.98. The summed E-state index contributed by atoms with van der Waals surface area (Å²) < 4.78 is 14.2. The van der Waals surface area contributed by atoms with Crippen molar-refractivity contribution >= 4 is 34.4 Å². The van der Waals surface area contributed by atoms with Gasteiger partial charge < -0.3 is 19.4 Å². The van der Waals surface area contributed by atoms with Gasteiger partial charge in [0.05, 0.1) is 22.3 Å². The van der Waals surface area contributed by atoms with Gasteiger partial charge in [0.2, 0.25) is 5.88 Å². The van der Waals surface area contributed by atoms with E-state index in [1.165, 1.54) is 6.33 Å². The molecule has 11 heteroatoms. The van der Waals surface area contributed by atoms with Crippen LogP contribution in [0.1, 0.15) is 25.5 Å². The van der Waals surface area contributed by atoms with Gasteiger partial charge in [-0.25, -0.2) is 9.97 Å². The smallest absolute Gasteiger partial charge is 0.245 e. The van der Waals surface area contributed by atoms with Crippen molar-refractivity contribution in [2.75, 3.05) is 39.3 Å². The molecular weight excluding hydrogens is 525 g/mol. The highest BCUT2D eigenvalue weighted by molar-refractivity contribution is 6.33. The molecule has 0 bridgehead atoms. The number of halogens is 2.